The van der Waals surface area contributed by atoms with Gasteiger partial charge in [-0.1, -0.05) is 13.8 Å². The average molecular weight is 290 g/mol. The Kier molecular flexibility index (Phi) is 3.80. The molecule has 0 spiro atoms. The number of aromatic amines is 1. The summed E-state index contributed by atoms with van der Waals surface area (Å²) in [4.78, 5) is 19.7. The number of rotatable bonds is 3. The van der Waals surface area contributed by atoms with Crippen molar-refractivity contribution in [1.29, 1.82) is 0 Å². The zero-order chi connectivity index (χ0) is 15.0. The topological polar surface area (TPSA) is 72.8 Å². The molecule has 1 saturated heterocycles. The number of nitrogens with one attached hydrogen (secondary N) is 1. The molecule has 0 amide bonds. The molecule has 21 heavy (non-hydrogen) atoms. The van der Waals surface area contributed by atoms with E-state index in [9.17, 15) is 4.79 Å². The molecule has 1 fully saturated rings. The van der Waals surface area contributed by atoms with Crippen LogP contribution in [0.1, 0.15) is 45.5 Å². The Labute approximate surface area is 123 Å². The van der Waals surface area contributed by atoms with Crippen molar-refractivity contribution in [2.24, 2.45) is 5.92 Å². The Balaban J connectivity index is 2.03. The molecular weight excluding hydrogens is 268 g/mol. The first kappa shape index (κ1) is 14.3. The van der Waals surface area contributed by atoms with Crippen molar-refractivity contribution in [3.63, 3.8) is 0 Å². The number of H-pyrrole nitrogens is 1. The maximum absolute atomic E-state index is 12.2. The summed E-state index contributed by atoms with van der Waals surface area (Å²) in [6, 6.07) is 0.257. The first-order valence-electron chi connectivity index (χ1n) is 7.62. The van der Waals surface area contributed by atoms with E-state index in [4.69, 9.17) is 4.74 Å². The molecule has 0 bridgehead atoms. The normalized spacial score (nSPS) is 23.0. The van der Waals surface area contributed by atoms with Crippen molar-refractivity contribution in [2.45, 2.75) is 52.2 Å². The van der Waals surface area contributed by atoms with Gasteiger partial charge in [0.25, 0.3) is 5.56 Å². The van der Waals surface area contributed by atoms with E-state index in [1.165, 1.54) is 0 Å². The van der Waals surface area contributed by atoms with Gasteiger partial charge >= 0.3 is 0 Å². The number of nitrogens with zero attached hydrogens (tertiary/aromatic N) is 3. The maximum atomic E-state index is 12.2. The van der Waals surface area contributed by atoms with Gasteiger partial charge in [0.15, 0.2) is 5.65 Å². The van der Waals surface area contributed by atoms with Crippen LogP contribution in [0.2, 0.25) is 0 Å². The summed E-state index contributed by atoms with van der Waals surface area (Å²) < 4.78 is 7.50. The molecule has 1 aliphatic heterocycles. The molecule has 0 aromatic carbocycles. The summed E-state index contributed by atoms with van der Waals surface area (Å²) in [6.07, 6.45) is 4.43. The molecule has 2 aromatic rings. The van der Waals surface area contributed by atoms with E-state index in [1.807, 2.05) is 4.68 Å². The number of hydrogen-bond donors (Lipinski definition) is 1. The quantitative estimate of drug-likeness (QED) is 0.939. The number of fused-ring (bicyclic) bond motifs is 1. The third kappa shape index (κ3) is 2.85. The second kappa shape index (κ2) is 5.60. The molecule has 2 unspecified atom stereocenters. The van der Waals surface area contributed by atoms with Gasteiger partial charge in [-0.3, -0.25) is 4.79 Å². The predicted octanol–water partition coefficient (Wildman–Crippen LogP) is 2.06. The second-order valence-electron chi connectivity index (χ2n) is 6.30. The highest BCUT2D eigenvalue weighted by Gasteiger charge is 2.24. The van der Waals surface area contributed by atoms with Gasteiger partial charge in [0.05, 0.1) is 18.3 Å². The molecule has 114 valence electrons. The highest BCUT2D eigenvalue weighted by molar-refractivity contribution is 5.73. The Hall–Kier alpha value is -1.69. The fraction of sp³-hybridized carbons (Fsp3) is 0.667. The standard InChI is InChI=1S/C15H22N4O2/c1-9(2)6-13-17-14-12(15(20)18-13)8-16-19(14)11-4-5-21-10(3)7-11/h8-11H,4-7H2,1-3H3,(H,17,18,20). The van der Waals surface area contributed by atoms with E-state index in [0.717, 1.165) is 31.7 Å². The highest BCUT2D eigenvalue weighted by atomic mass is 16.5. The van der Waals surface area contributed by atoms with Crippen molar-refractivity contribution < 1.29 is 4.74 Å². The molecule has 6 heteroatoms. The molecule has 3 heterocycles. The summed E-state index contributed by atoms with van der Waals surface area (Å²) in [5, 5.41) is 4.98. The SMILES string of the molecule is CC(C)Cc1nc2c(cnn2C2CCOC(C)C2)c(=O)[nH]1. The lowest BCUT2D eigenvalue weighted by Gasteiger charge is -2.27. The minimum absolute atomic E-state index is 0.0954. The Morgan fingerprint density at radius 1 is 1.52 bits per heavy atom. The molecule has 2 atom stereocenters. The molecule has 6 nitrogen and oxygen atoms in total. The van der Waals surface area contributed by atoms with Crippen LogP contribution in [-0.2, 0) is 11.2 Å². The molecule has 2 aromatic heterocycles. The van der Waals surface area contributed by atoms with Gasteiger partial charge in [0.2, 0.25) is 0 Å². The van der Waals surface area contributed by atoms with Gasteiger partial charge in [-0.15, -0.1) is 0 Å². The lowest BCUT2D eigenvalue weighted by Crippen LogP contribution is -2.26. The molecule has 0 aliphatic carbocycles. The van der Waals surface area contributed by atoms with Crippen LogP contribution in [0.5, 0.6) is 0 Å². The van der Waals surface area contributed by atoms with Crippen LogP contribution in [-0.4, -0.2) is 32.5 Å². The van der Waals surface area contributed by atoms with Crippen molar-refractivity contribution in [2.75, 3.05) is 6.61 Å². The Bertz CT molecular complexity index is 689. The van der Waals surface area contributed by atoms with Crippen molar-refractivity contribution in [3.05, 3.63) is 22.4 Å². The first-order valence-corrected chi connectivity index (χ1v) is 7.62. The molecular formula is C15H22N4O2. The minimum atomic E-state index is -0.0954. The van der Waals surface area contributed by atoms with Gasteiger partial charge in [0.1, 0.15) is 11.2 Å². The number of hydrogen-bond acceptors (Lipinski definition) is 4. The van der Waals surface area contributed by atoms with E-state index in [1.54, 1.807) is 6.20 Å². The molecule has 3 rings (SSSR count). The fourth-order valence-electron chi connectivity index (χ4n) is 2.93. The fourth-order valence-corrected chi connectivity index (χ4v) is 2.93. The Morgan fingerprint density at radius 2 is 2.33 bits per heavy atom. The third-order valence-electron chi connectivity index (χ3n) is 3.92. The average Bonchev–Trinajstić information content (AvgIpc) is 2.82. The third-order valence-corrected chi connectivity index (χ3v) is 3.92. The Morgan fingerprint density at radius 3 is 3.05 bits per heavy atom. The largest absolute Gasteiger partial charge is 0.378 e. The number of aromatic nitrogens is 4. The number of ether oxygens (including phenoxy) is 1. The highest BCUT2D eigenvalue weighted by Crippen LogP contribution is 2.26. The molecule has 0 saturated carbocycles. The lowest BCUT2D eigenvalue weighted by atomic mass is 10.0. The van der Waals surface area contributed by atoms with E-state index in [-0.39, 0.29) is 17.7 Å². The van der Waals surface area contributed by atoms with Gasteiger partial charge in [0, 0.05) is 13.0 Å². The van der Waals surface area contributed by atoms with Crippen LogP contribution in [0.25, 0.3) is 11.0 Å². The molecule has 1 aliphatic rings. The van der Waals surface area contributed by atoms with E-state index in [0.29, 0.717) is 17.0 Å². The van der Waals surface area contributed by atoms with Crippen molar-refractivity contribution >= 4 is 11.0 Å². The van der Waals surface area contributed by atoms with Crippen LogP contribution in [0, 0.1) is 5.92 Å². The summed E-state index contributed by atoms with van der Waals surface area (Å²) >= 11 is 0. The summed E-state index contributed by atoms with van der Waals surface area (Å²) in [7, 11) is 0. The first-order chi connectivity index (χ1) is 10.0. The van der Waals surface area contributed by atoms with Crippen LogP contribution in [0.15, 0.2) is 11.0 Å². The maximum Gasteiger partial charge on any atom is 0.262 e. The minimum Gasteiger partial charge on any atom is -0.378 e. The van der Waals surface area contributed by atoms with Gasteiger partial charge in [-0.05, 0) is 25.7 Å². The molecule has 1 N–H and O–H groups in total. The van der Waals surface area contributed by atoms with Crippen molar-refractivity contribution in [1.82, 2.24) is 19.7 Å². The van der Waals surface area contributed by atoms with Crippen LogP contribution in [0.3, 0.4) is 0 Å². The smallest absolute Gasteiger partial charge is 0.262 e. The lowest BCUT2D eigenvalue weighted by molar-refractivity contribution is 0.00431. The van der Waals surface area contributed by atoms with E-state index in [2.05, 4.69) is 35.8 Å². The zero-order valence-electron chi connectivity index (χ0n) is 12.8. The van der Waals surface area contributed by atoms with Crippen LogP contribution < -0.4 is 5.56 Å². The molecule has 0 radical (unpaired) electrons. The zero-order valence-corrected chi connectivity index (χ0v) is 12.8. The monoisotopic (exact) mass is 290 g/mol. The van der Waals surface area contributed by atoms with Crippen LogP contribution >= 0.6 is 0 Å². The van der Waals surface area contributed by atoms with Gasteiger partial charge in [-0.2, -0.15) is 5.10 Å². The van der Waals surface area contributed by atoms with E-state index >= 15 is 0 Å². The summed E-state index contributed by atoms with van der Waals surface area (Å²) in [5.74, 6) is 1.19. The van der Waals surface area contributed by atoms with E-state index < -0.39 is 0 Å². The van der Waals surface area contributed by atoms with Crippen LogP contribution in [0.4, 0.5) is 0 Å². The summed E-state index contributed by atoms with van der Waals surface area (Å²) in [6.45, 7) is 7.03. The van der Waals surface area contributed by atoms with Crippen molar-refractivity contribution in [3.8, 4) is 0 Å². The van der Waals surface area contributed by atoms with Gasteiger partial charge < -0.3 is 9.72 Å². The summed E-state index contributed by atoms with van der Waals surface area (Å²) in [5.41, 5.74) is 0.607. The second-order valence-corrected chi connectivity index (χ2v) is 6.30. The van der Waals surface area contributed by atoms with Gasteiger partial charge in [-0.25, -0.2) is 9.67 Å². The predicted molar refractivity (Wildman–Crippen MR) is 80.4 cm³/mol.